The maximum absolute atomic E-state index is 1.57. The van der Waals surface area contributed by atoms with Gasteiger partial charge in [-0.15, -0.1) is 0 Å². The predicted octanol–water partition coefficient (Wildman–Crippen LogP) is -0.0659. The average molecular weight is 117 g/mol. The zero-order valence-corrected chi connectivity index (χ0v) is 7.19. The van der Waals surface area contributed by atoms with Gasteiger partial charge < -0.3 is 0 Å². The zero-order valence-electron chi connectivity index (χ0n) is 2.99. The fraction of sp³-hybridized carbons (Fsp3) is 1.00. The van der Waals surface area contributed by atoms with Crippen LogP contribution in [-0.2, 0) is 0 Å². The van der Waals surface area contributed by atoms with Crippen molar-refractivity contribution >= 4 is 16.5 Å². The Bertz CT molecular complexity index is 22.5. The van der Waals surface area contributed by atoms with Crippen molar-refractivity contribution in [1.29, 1.82) is 0 Å². The molecule has 0 saturated heterocycles. The van der Waals surface area contributed by atoms with Crippen LogP contribution in [0, 0.1) is 0 Å². The van der Waals surface area contributed by atoms with Gasteiger partial charge in [0.25, 0.3) is 0 Å². The second-order valence-corrected chi connectivity index (χ2v) is 5.11. The fourth-order valence-corrected chi connectivity index (χ4v) is 0.866. The summed E-state index contributed by atoms with van der Waals surface area (Å²) in [6.45, 7) is 0. The molecule has 1 heteroatoms. The quantitative estimate of drug-likeness (QED) is 0.389. The molecule has 1 fully saturated rings. The molecule has 0 N–H and O–H groups in total. The standard InChI is InChI=1S/C3H8Ge/c4-3-1-2-3/h3H,1-2H2,4H3. The van der Waals surface area contributed by atoms with Gasteiger partial charge in [-0.2, -0.15) is 0 Å². The van der Waals surface area contributed by atoms with Crippen molar-refractivity contribution in [3.63, 3.8) is 0 Å². The van der Waals surface area contributed by atoms with Gasteiger partial charge in [-0.25, -0.2) is 0 Å². The van der Waals surface area contributed by atoms with Crippen LogP contribution < -0.4 is 0 Å². The van der Waals surface area contributed by atoms with Crippen LogP contribution in [-0.4, -0.2) is 16.5 Å². The van der Waals surface area contributed by atoms with Crippen molar-refractivity contribution in [3.05, 3.63) is 0 Å². The summed E-state index contributed by atoms with van der Waals surface area (Å²) in [7, 11) is 0. The van der Waals surface area contributed by atoms with E-state index in [2.05, 4.69) is 0 Å². The molecule has 0 aromatic heterocycles. The Labute approximate surface area is 34.8 Å². The van der Waals surface area contributed by atoms with Crippen LogP contribution in [0.1, 0.15) is 12.8 Å². The molecule has 0 aliphatic heterocycles. The molecule has 0 aromatic rings. The van der Waals surface area contributed by atoms with Crippen molar-refractivity contribution in [2.24, 2.45) is 0 Å². The minimum atomic E-state index is 1.17. The Hall–Kier alpha value is 0.543. The van der Waals surface area contributed by atoms with Crippen LogP contribution in [0.15, 0.2) is 0 Å². The molecule has 1 saturated carbocycles. The molecule has 0 aromatic carbocycles. The second-order valence-electron chi connectivity index (χ2n) is 1.68. The number of hydrogen-bond donors (Lipinski definition) is 0. The van der Waals surface area contributed by atoms with E-state index in [9.17, 15) is 0 Å². The second kappa shape index (κ2) is 0.746. The third kappa shape index (κ3) is 0.482. The van der Waals surface area contributed by atoms with Crippen molar-refractivity contribution in [2.75, 3.05) is 0 Å². The maximum atomic E-state index is 1.57. The molecular weight excluding hydrogens is 109 g/mol. The molecule has 0 spiro atoms. The molecule has 1 aliphatic rings. The van der Waals surface area contributed by atoms with E-state index < -0.39 is 0 Å². The minimum absolute atomic E-state index is 1.17. The Morgan fingerprint density at radius 2 is 1.75 bits per heavy atom. The summed E-state index contributed by atoms with van der Waals surface area (Å²) in [5, 5.41) is 0. The molecule has 4 heavy (non-hydrogen) atoms. The SMILES string of the molecule is [GeH3][CH]1CC1. The number of rotatable bonds is 0. The van der Waals surface area contributed by atoms with Gasteiger partial charge >= 0.3 is 34.1 Å². The molecule has 0 amide bonds. The van der Waals surface area contributed by atoms with Crippen LogP contribution in [0.3, 0.4) is 0 Å². The van der Waals surface area contributed by atoms with E-state index in [0.717, 1.165) is 0 Å². The molecule has 0 nitrogen and oxygen atoms in total. The van der Waals surface area contributed by atoms with E-state index in [1.165, 1.54) is 21.3 Å². The van der Waals surface area contributed by atoms with Gasteiger partial charge in [0.05, 0.1) is 0 Å². The van der Waals surface area contributed by atoms with Gasteiger partial charge in [0, 0.05) is 0 Å². The average Bonchev–Trinajstić information content (AvgIpc) is 1.75. The summed E-state index contributed by atoms with van der Waals surface area (Å²) in [4.78, 5) is 0. The summed E-state index contributed by atoms with van der Waals surface area (Å²) in [6, 6.07) is 0. The Balaban J connectivity index is 2.17. The summed E-state index contributed by atoms with van der Waals surface area (Å²) >= 11 is 1.17. The van der Waals surface area contributed by atoms with E-state index in [0.29, 0.717) is 0 Å². The molecule has 0 heterocycles. The molecule has 1 aliphatic carbocycles. The molecule has 0 unspecified atom stereocenters. The Morgan fingerprint density at radius 3 is 1.75 bits per heavy atom. The first-order chi connectivity index (χ1) is 1.89. The molecule has 24 valence electrons. The molecule has 0 radical (unpaired) electrons. The van der Waals surface area contributed by atoms with Crippen LogP contribution in [0.4, 0.5) is 0 Å². The third-order valence-corrected chi connectivity index (χ3v) is 3.29. The van der Waals surface area contributed by atoms with Crippen LogP contribution >= 0.6 is 0 Å². The van der Waals surface area contributed by atoms with Crippen molar-refractivity contribution in [3.8, 4) is 0 Å². The van der Waals surface area contributed by atoms with Crippen molar-refractivity contribution in [2.45, 2.75) is 17.6 Å². The third-order valence-electron chi connectivity index (χ3n) is 0.866. The van der Waals surface area contributed by atoms with Gasteiger partial charge in [-0.3, -0.25) is 0 Å². The van der Waals surface area contributed by atoms with Crippen molar-refractivity contribution < 1.29 is 0 Å². The molecule has 0 bridgehead atoms. The fourth-order valence-electron chi connectivity index (χ4n) is 0.167. The van der Waals surface area contributed by atoms with Gasteiger partial charge in [0.1, 0.15) is 0 Å². The van der Waals surface area contributed by atoms with E-state index in [-0.39, 0.29) is 0 Å². The summed E-state index contributed by atoms with van der Waals surface area (Å²) < 4.78 is 1.27. The van der Waals surface area contributed by atoms with Crippen LogP contribution in [0.25, 0.3) is 0 Å². The van der Waals surface area contributed by atoms with E-state index in [4.69, 9.17) is 0 Å². The zero-order chi connectivity index (χ0) is 2.99. The Morgan fingerprint density at radius 1 is 1.50 bits per heavy atom. The van der Waals surface area contributed by atoms with Crippen molar-refractivity contribution in [1.82, 2.24) is 0 Å². The predicted molar refractivity (Wildman–Crippen MR) is 22.9 cm³/mol. The van der Waals surface area contributed by atoms with Crippen LogP contribution in [0.5, 0.6) is 0 Å². The van der Waals surface area contributed by atoms with Crippen LogP contribution in [0.2, 0.25) is 4.75 Å². The van der Waals surface area contributed by atoms with E-state index >= 15 is 0 Å². The van der Waals surface area contributed by atoms with Gasteiger partial charge in [0.2, 0.25) is 0 Å². The van der Waals surface area contributed by atoms with E-state index in [1.54, 1.807) is 12.8 Å². The Kier molecular flexibility index (Phi) is 0.515. The topological polar surface area (TPSA) is 0 Å². The first-order valence-corrected chi connectivity index (χ1v) is 4.32. The van der Waals surface area contributed by atoms with Gasteiger partial charge in [-0.1, -0.05) is 0 Å². The first kappa shape index (κ1) is 2.76. The molecule has 0 atom stereocenters. The summed E-state index contributed by atoms with van der Waals surface area (Å²) in [6.07, 6.45) is 3.14. The number of hydrogen-bond acceptors (Lipinski definition) is 0. The molecule has 1 rings (SSSR count). The normalized spacial score (nSPS) is 27.0. The summed E-state index contributed by atoms with van der Waals surface area (Å²) in [5.74, 6) is 0. The monoisotopic (exact) mass is 118 g/mol. The molecular formula is C3H8Ge. The van der Waals surface area contributed by atoms with E-state index in [1.807, 2.05) is 0 Å². The van der Waals surface area contributed by atoms with Gasteiger partial charge in [-0.05, 0) is 0 Å². The van der Waals surface area contributed by atoms with Gasteiger partial charge in [0.15, 0.2) is 0 Å². The first-order valence-electron chi connectivity index (χ1n) is 1.89. The summed E-state index contributed by atoms with van der Waals surface area (Å²) in [5.41, 5.74) is 0.